The summed E-state index contributed by atoms with van der Waals surface area (Å²) in [5.41, 5.74) is 0.857. The van der Waals surface area contributed by atoms with E-state index >= 15 is 0 Å². The SMILES string of the molecule is CN(C)S(=O)(=O)c1cccc(-c2ccc(OCc3cc(C(F)(F)F)nn3-c3ccccc3Cl)cc2)c1. The Morgan fingerprint density at radius 1 is 0.944 bits per heavy atom. The Hall–Kier alpha value is -3.34. The van der Waals surface area contributed by atoms with Gasteiger partial charge in [-0.15, -0.1) is 0 Å². The lowest BCUT2D eigenvalue weighted by molar-refractivity contribution is -0.141. The van der Waals surface area contributed by atoms with Crippen molar-refractivity contribution >= 4 is 21.6 Å². The van der Waals surface area contributed by atoms with E-state index in [9.17, 15) is 21.6 Å². The van der Waals surface area contributed by atoms with Crippen LogP contribution in [0.5, 0.6) is 5.75 Å². The third-order valence-electron chi connectivity index (χ3n) is 5.34. The van der Waals surface area contributed by atoms with Crippen molar-refractivity contribution in [1.82, 2.24) is 14.1 Å². The van der Waals surface area contributed by atoms with Gasteiger partial charge in [-0.2, -0.15) is 18.3 Å². The molecule has 4 aromatic rings. The van der Waals surface area contributed by atoms with Gasteiger partial charge in [-0.1, -0.05) is 48.0 Å². The molecule has 0 unspecified atom stereocenters. The molecule has 0 fully saturated rings. The average Bonchev–Trinajstić information content (AvgIpc) is 3.28. The molecule has 6 nitrogen and oxygen atoms in total. The molecule has 11 heteroatoms. The Morgan fingerprint density at radius 3 is 2.28 bits per heavy atom. The van der Waals surface area contributed by atoms with Crippen LogP contribution in [0.4, 0.5) is 13.2 Å². The molecule has 36 heavy (non-hydrogen) atoms. The number of alkyl halides is 3. The van der Waals surface area contributed by atoms with Gasteiger partial charge in [0.2, 0.25) is 10.0 Å². The van der Waals surface area contributed by atoms with Crippen LogP contribution >= 0.6 is 11.6 Å². The summed E-state index contributed by atoms with van der Waals surface area (Å²) >= 11 is 6.18. The highest BCUT2D eigenvalue weighted by Gasteiger charge is 2.35. The fourth-order valence-electron chi connectivity index (χ4n) is 3.44. The first-order valence-electron chi connectivity index (χ1n) is 10.6. The third kappa shape index (κ3) is 5.40. The number of benzene rings is 3. The van der Waals surface area contributed by atoms with Crippen molar-refractivity contribution in [2.75, 3.05) is 14.1 Å². The van der Waals surface area contributed by atoms with E-state index in [2.05, 4.69) is 5.10 Å². The molecule has 3 aromatic carbocycles. The number of nitrogens with zero attached hydrogens (tertiary/aromatic N) is 3. The summed E-state index contributed by atoms with van der Waals surface area (Å²) in [6.07, 6.45) is -4.63. The Bertz CT molecular complexity index is 1480. The summed E-state index contributed by atoms with van der Waals surface area (Å²) in [5.74, 6) is 0.413. The van der Waals surface area contributed by atoms with Gasteiger partial charge in [-0.25, -0.2) is 17.4 Å². The first kappa shape index (κ1) is 25.7. The predicted molar refractivity (Wildman–Crippen MR) is 131 cm³/mol. The Balaban J connectivity index is 1.57. The highest BCUT2D eigenvalue weighted by Crippen LogP contribution is 2.32. The van der Waals surface area contributed by atoms with Crippen LogP contribution in [0.1, 0.15) is 11.4 Å². The third-order valence-corrected chi connectivity index (χ3v) is 7.47. The second kappa shape index (κ2) is 9.96. The molecule has 1 aromatic heterocycles. The van der Waals surface area contributed by atoms with Crippen LogP contribution in [0.3, 0.4) is 0 Å². The minimum absolute atomic E-state index is 0.165. The molecule has 0 aliphatic carbocycles. The van der Waals surface area contributed by atoms with E-state index in [1.165, 1.54) is 20.2 Å². The van der Waals surface area contributed by atoms with E-state index < -0.39 is 21.9 Å². The van der Waals surface area contributed by atoms with Crippen molar-refractivity contribution in [3.63, 3.8) is 0 Å². The van der Waals surface area contributed by atoms with Gasteiger partial charge in [0.1, 0.15) is 12.4 Å². The Labute approximate surface area is 211 Å². The van der Waals surface area contributed by atoms with Crippen molar-refractivity contribution in [2.24, 2.45) is 0 Å². The van der Waals surface area contributed by atoms with Crippen molar-refractivity contribution in [2.45, 2.75) is 17.7 Å². The van der Waals surface area contributed by atoms with E-state index in [-0.39, 0.29) is 22.2 Å². The summed E-state index contributed by atoms with van der Waals surface area (Å²) < 4.78 is 72.8. The van der Waals surface area contributed by atoms with Crippen LogP contribution in [-0.2, 0) is 22.8 Å². The van der Waals surface area contributed by atoms with Gasteiger partial charge in [0.15, 0.2) is 5.69 Å². The number of rotatable bonds is 7. The fourth-order valence-corrected chi connectivity index (χ4v) is 4.60. The topological polar surface area (TPSA) is 64.4 Å². The second-order valence-corrected chi connectivity index (χ2v) is 10.6. The normalized spacial score (nSPS) is 12.2. The molecule has 4 rings (SSSR count). The molecule has 0 aliphatic rings. The minimum atomic E-state index is -4.63. The maximum atomic E-state index is 13.3. The Morgan fingerprint density at radius 2 is 1.64 bits per heavy atom. The molecular formula is C25H21ClF3N3O3S. The monoisotopic (exact) mass is 535 g/mol. The van der Waals surface area contributed by atoms with E-state index in [0.29, 0.717) is 17.0 Å². The number of sulfonamides is 1. The fraction of sp³-hybridized carbons (Fsp3) is 0.160. The van der Waals surface area contributed by atoms with Crippen molar-refractivity contribution in [3.05, 3.63) is 95.3 Å². The maximum absolute atomic E-state index is 13.3. The minimum Gasteiger partial charge on any atom is -0.487 e. The van der Waals surface area contributed by atoms with E-state index in [0.717, 1.165) is 20.6 Å². The van der Waals surface area contributed by atoms with Gasteiger partial charge in [0.25, 0.3) is 0 Å². The van der Waals surface area contributed by atoms with Crippen LogP contribution in [0.2, 0.25) is 5.02 Å². The van der Waals surface area contributed by atoms with Gasteiger partial charge in [-0.05, 0) is 53.6 Å². The summed E-state index contributed by atoms with van der Waals surface area (Å²) in [6.45, 7) is -0.190. The van der Waals surface area contributed by atoms with Gasteiger partial charge < -0.3 is 4.74 Å². The van der Waals surface area contributed by atoms with Gasteiger partial charge in [0.05, 0.1) is 21.3 Å². The molecule has 0 aliphatic heterocycles. The number of para-hydroxylation sites is 1. The van der Waals surface area contributed by atoms with Crippen LogP contribution in [0.25, 0.3) is 16.8 Å². The summed E-state index contributed by atoms with van der Waals surface area (Å²) in [5, 5.41) is 3.94. The molecule has 0 atom stereocenters. The Kier molecular flexibility index (Phi) is 7.12. The lowest BCUT2D eigenvalue weighted by atomic mass is 10.1. The molecule has 0 bridgehead atoms. The second-order valence-electron chi connectivity index (χ2n) is 8.01. The first-order chi connectivity index (χ1) is 17.0. The van der Waals surface area contributed by atoms with E-state index in [1.807, 2.05) is 0 Å². The van der Waals surface area contributed by atoms with Crippen molar-refractivity contribution < 1.29 is 26.3 Å². The standard InChI is InChI=1S/C25H21ClF3N3O3S/c1-31(2)36(33,34)21-7-5-6-18(14-21)17-10-12-20(13-11-17)35-16-19-15-24(25(27,28)29)30-32(19)23-9-4-3-8-22(23)26/h3-15H,16H2,1-2H3. The summed E-state index contributed by atoms with van der Waals surface area (Å²) in [4.78, 5) is 0.165. The lowest BCUT2D eigenvalue weighted by Gasteiger charge is -2.13. The van der Waals surface area contributed by atoms with Gasteiger partial charge in [0, 0.05) is 14.1 Å². The van der Waals surface area contributed by atoms with Crippen LogP contribution < -0.4 is 4.74 Å². The largest absolute Gasteiger partial charge is 0.487 e. The number of ether oxygens (including phenoxy) is 1. The molecule has 0 N–H and O–H groups in total. The zero-order valence-corrected chi connectivity index (χ0v) is 20.8. The number of hydrogen-bond donors (Lipinski definition) is 0. The van der Waals surface area contributed by atoms with Gasteiger partial charge in [-0.3, -0.25) is 0 Å². The average molecular weight is 536 g/mol. The lowest BCUT2D eigenvalue weighted by Crippen LogP contribution is -2.22. The van der Waals surface area contributed by atoms with Gasteiger partial charge >= 0.3 is 6.18 Å². The zero-order valence-electron chi connectivity index (χ0n) is 19.2. The predicted octanol–water partition coefficient (Wildman–Crippen LogP) is 6.04. The molecule has 0 saturated carbocycles. The zero-order chi connectivity index (χ0) is 26.1. The molecule has 0 radical (unpaired) electrons. The molecule has 0 spiro atoms. The van der Waals surface area contributed by atoms with Crippen LogP contribution in [0.15, 0.2) is 83.8 Å². The maximum Gasteiger partial charge on any atom is 0.435 e. The summed E-state index contributed by atoms with van der Waals surface area (Å²) in [6, 6.07) is 20.7. The van der Waals surface area contributed by atoms with Crippen LogP contribution in [-0.4, -0.2) is 36.6 Å². The quantitative estimate of drug-likeness (QED) is 0.289. The molecular weight excluding hydrogens is 515 g/mol. The molecule has 1 heterocycles. The van der Waals surface area contributed by atoms with E-state index in [4.69, 9.17) is 16.3 Å². The number of halogens is 4. The highest BCUT2D eigenvalue weighted by atomic mass is 35.5. The summed E-state index contributed by atoms with van der Waals surface area (Å²) in [7, 11) is -0.659. The smallest absolute Gasteiger partial charge is 0.435 e. The van der Waals surface area contributed by atoms with Crippen molar-refractivity contribution in [1.29, 1.82) is 0 Å². The first-order valence-corrected chi connectivity index (χ1v) is 12.5. The number of hydrogen-bond acceptors (Lipinski definition) is 4. The van der Waals surface area contributed by atoms with E-state index in [1.54, 1.807) is 66.7 Å². The van der Waals surface area contributed by atoms with Crippen LogP contribution in [0, 0.1) is 0 Å². The highest BCUT2D eigenvalue weighted by molar-refractivity contribution is 7.89. The molecule has 0 amide bonds. The molecule has 0 saturated heterocycles. The molecule has 188 valence electrons. The number of aromatic nitrogens is 2. The van der Waals surface area contributed by atoms with Crippen molar-refractivity contribution in [3.8, 4) is 22.6 Å².